The first-order valence-corrected chi connectivity index (χ1v) is 12.2. The van der Waals surface area contributed by atoms with Crippen LogP contribution in [0.2, 0.25) is 0 Å². The quantitative estimate of drug-likeness (QED) is 0.329. The van der Waals surface area contributed by atoms with Gasteiger partial charge in [0.15, 0.2) is 5.82 Å². The van der Waals surface area contributed by atoms with Gasteiger partial charge in [-0.15, -0.1) is 0 Å². The fourth-order valence-corrected chi connectivity index (χ4v) is 4.53. The van der Waals surface area contributed by atoms with Gasteiger partial charge in [-0.3, -0.25) is 4.79 Å². The van der Waals surface area contributed by atoms with Crippen molar-refractivity contribution in [1.29, 1.82) is 0 Å². The Labute approximate surface area is 216 Å². The number of hydrogen-bond acceptors (Lipinski definition) is 6. The largest absolute Gasteiger partial charge is 0.346 e. The molecule has 0 radical (unpaired) electrons. The highest BCUT2D eigenvalue weighted by Gasteiger charge is 2.40. The van der Waals surface area contributed by atoms with Gasteiger partial charge in [-0.2, -0.15) is 8.78 Å². The Morgan fingerprint density at radius 3 is 2.76 bits per heavy atom. The lowest BCUT2D eigenvalue weighted by atomic mass is 9.96. The van der Waals surface area contributed by atoms with Gasteiger partial charge in [0, 0.05) is 52.8 Å². The Morgan fingerprint density at radius 1 is 1.16 bits per heavy atom. The fraction of sp³-hybridized carbons (Fsp3) is 0.259. The molecule has 4 aromatic rings. The van der Waals surface area contributed by atoms with E-state index in [1.165, 1.54) is 18.2 Å². The number of amides is 1. The van der Waals surface area contributed by atoms with Crippen LogP contribution in [0.4, 0.5) is 24.7 Å². The van der Waals surface area contributed by atoms with Crippen molar-refractivity contribution >= 4 is 17.4 Å². The molecule has 0 atom stereocenters. The predicted molar refractivity (Wildman–Crippen MR) is 135 cm³/mol. The van der Waals surface area contributed by atoms with E-state index in [1.54, 1.807) is 42.3 Å². The zero-order chi connectivity index (χ0) is 26.4. The maximum atomic E-state index is 15.1. The number of nitrogens with one attached hydrogen (secondary N) is 3. The van der Waals surface area contributed by atoms with E-state index in [0.29, 0.717) is 40.8 Å². The van der Waals surface area contributed by atoms with E-state index in [1.807, 2.05) is 6.20 Å². The van der Waals surface area contributed by atoms with E-state index in [9.17, 15) is 13.6 Å². The molecular formula is C27H24F3N7O. The molecule has 6 rings (SSSR count). The van der Waals surface area contributed by atoms with Crippen LogP contribution in [0.25, 0.3) is 17.1 Å². The summed E-state index contributed by atoms with van der Waals surface area (Å²) in [6, 6.07) is 8.90. The van der Waals surface area contributed by atoms with Crippen LogP contribution in [0.15, 0.2) is 55.1 Å². The third-order valence-corrected chi connectivity index (χ3v) is 6.71. The number of benzene rings is 2. The van der Waals surface area contributed by atoms with Crippen molar-refractivity contribution in [3.05, 3.63) is 83.3 Å². The van der Waals surface area contributed by atoms with Crippen molar-refractivity contribution < 1.29 is 18.0 Å². The average molecular weight is 520 g/mol. The van der Waals surface area contributed by atoms with Crippen LogP contribution >= 0.6 is 0 Å². The highest BCUT2D eigenvalue weighted by Crippen LogP contribution is 2.39. The van der Waals surface area contributed by atoms with Crippen molar-refractivity contribution in [2.45, 2.75) is 31.2 Å². The molecule has 8 nitrogen and oxygen atoms in total. The van der Waals surface area contributed by atoms with Crippen LogP contribution in [0, 0.1) is 5.82 Å². The number of carbonyl (C=O) groups excluding carboxylic acids is 1. The highest BCUT2D eigenvalue weighted by atomic mass is 19.3. The average Bonchev–Trinajstić information content (AvgIpc) is 3.64. The van der Waals surface area contributed by atoms with Crippen molar-refractivity contribution in [3.63, 3.8) is 0 Å². The van der Waals surface area contributed by atoms with Crippen molar-refractivity contribution in [2.75, 3.05) is 18.9 Å². The third kappa shape index (κ3) is 4.49. The smallest absolute Gasteiger partial charge is 0.291 e. The second kappa shape index (κ2) is 9.25. The first kappa shape index (κ1) is 24.1. The van der Waals surface area contributed by atoms with E-state index in [2.05, 4.69) is 30.9 Å². The number of nitrogens with zero attached hydrogens (tertiary/aromatic N) is 4. The number of imidazole rings is 1. The molecule has 2 aromatic heterocycles. The minimum atomic E-state index is -3.19. The SMILES string of the molecule is CNCc1cnc(-c2ccc(-n3cnc(C4CC4)c3)c(F)c2)nc1Nc1ccc2c(c1)C(F)(F)CNC2=O. The van der Waals surface area contributed by atoms with Crippen molar-refractivity contribution in [2.24, 2.45) is 0 Å². The number of rotatable bonds is 7. The number of halogens is 3. The summed E-state index contributed by atoms with van der Waals surface area (Å²) >= 11 is 0. The van der Waals surface area contributed by atoms with E-state index < -0.39 is 24.2 Å². The lowest BCUT2D eigenvalue weighted by Gasteiger charge is -2.26. The predicted octanol–water partition coefficient (Wildman–Crippen LogP) is 4.64. The molecule has 3 heterocycles. The molecule has 38 heavy (non-hydrogen) atoms. The maximum Gasteiger partial charge on any atom is 0.291 e. The summed E-state index contributed by atoms with van der Waals surface area (Å²) in [5, 5.41) is 8.31. The van der Waals surface area contributed by atoms with Gasteiger partial charge in [0.1, 0.15) is 11.6 Å². The van der Waals surface area contributed by atoms with Gasteiger partial charge in [0.05, 0.1) is 24.3 Å². The molecule has 194 valence electrons. The van der Waals surface area contributed by atoms with E-state index in [-0.39, 0.29) is 17.0 Å². The molecule has 0 spiro atoms. The summed E-state index contributed by atoms with van der Waals surface area (Å²) in [7, 11) is 1.76. The first-order valence-electron chi connectivity index (χ1n) is 12.2. The van der Waals surface area contributed by atoms with Crippen molar-refractivity contribution in [3.8, 4) is 17.1 Å². The van der Waals surface area contributed by atoms with Crippen molar-refractivity contribution in [1.82, 2.24) is 30.2 Å². The van der Waals surface area contributed by atoms with Gasteiger partial charge < -0.3 is 20.5 Å². The summed E-state index contributed by atoms with van der Waals surface area (Å²) in [6.45, 7) is -0.350. The lowest BCUT2D eigenvalue weighted by molar-refractivity contribution is -0.00832. The van der Waals surface area contributed by atoms with Crippen LogP contribution < -0.4 is 16.0 Å². The Morgan fingerprint density at radius 2 is 2.00 bits per heavy atom. The standard InChI is InChI=1S/C27H24F3N7O/c1-31-10-17-11-32-24(16-4-7-23(21(28)8-16)37-12-22(34-14-37)15-2-3-15)36-25(17)35-18-5-6-19-20(9-18)27(29,30)13-33-26(19)38/h4-9,11-12,14-15,31H,2-3,10,13H2,1H3,(H,33,38)(H,32,35,36). The molecule has 11 heteroatoms. The molecule has 1 aliphatic heterocycles. The summed E-state index contributed by atoms with van der Waals surface area (Å²) in [5.74, 6) is -3.07. The number of aromatic nitrogens is 4. The summed E-state index contributed by atoms with van der Waals surface area (Å²) in [6.07, 6.45) is 7.29. The van der Waals surface area contributed by atoms with Gasteiger partial charge in [-0.05, 0) is 56.3 Å². The third-order valence-electron chi connectivity index (χ3n) is 6.71. The van der Waals surface area contributed by atoms with Gasteiger partial charge in [0.2, 0.25) is 0 Å². The van der Waals surface area contributed by atoms with Crippen LogP contribution in [-0.4, -0.2) is 39.0 Å². The zero-order valence-electron chi connectivity index (χ0n) is 20.4. The molecule has 1 saturated carbocycles. The van der Waals surface area contributed by atoms with E-state index >= 15 is 4.39 Å². The van der Waals surface area contributed by atoms with Gasteiger partial charge in [0.25, 0.3) is 11.8 Å². The van der Waals surface area contributed by atoms with Gasteiger partial charge in [-0.25, -0.2) is 19.3 Å². The topological polar surface area (TPSA) is 96.8 Å². The highest BCUT2D eigenvalue weighted by molar-refractivity contribution is 5.97. The molecule has 2 aliphatic rings. The normalized spacial score (nSPS) is 16.2. The lowest BCUT2D eigenvalue weighted by Crippen LogP contribution is -2.41. The first-order chi connectivity index (χ1) is 18.3. The Balaban J connectivity index is 1.32. The minimum Gasteiger partial charge on any atom is -0.346 e. The summed E-state index contributed by atoms with van der Waals surface area (Å²) in [5.41, 5.74) is 2.41. The number of fused-ring (bicyclic) bond motifs is 1. The Bertz CT molecular complexity index is 1550. The molecule has 0 saturated heterocycles. The van der Waals surface area contributed by atoms with E-state index in [0.717, 1.165) is 18.5 Å². The number of carbonyl (C=O) groups is 1. The molecule has 1 aliphatic carbocycles. The minimum absolute atomic E-state index is 0.0664. The molecular weight excluding hydrogens is 495 g/mol. The van der Waals surface area contributed by atoms with Crippen LogP contribution in [-0.2, 0) is 12.5 Å². The molecule has 3 N–H and O–H groups in total. The Kier molecular flexibility index (Phi) is 5.87. The molecule has 1 amide bonds. The molecule has 0 bridgehead atoms. The van der Waals surface area contributed by atoms with E-state index in [4.69, 9.17) is 0 Å². The van der Waals surface area contributed by atoms with Crippen LogP contribution in [0.1, 0.15) is 45.9 Å². The number of anilines is 2. The summed E-state index contributed by atoms with van der Waals surface area (Å²) < 4.78 is 45.8. The molecule has 1 fully saturated rings. The van der Waals surface area contributed by atoms with Gasteiger partial charge in [-0.1, -0.05) is 0 Å². The van der Waals surface area contributed by atoms with Crippen LogP contribution in [0.5, 0.6) is 0 Å². The van der Waals surface area contributed by atoms with Crippen LogP contribution in [0.3, 0.4) is 0 Å². The summed E-state index contributed by atoms with van der Waals surface area (Å²) in [4.78, 5) is 25.4. The van der Waals surface area contributed by atoms with Gasteiger partial charge >= 0.3 is 0 Å². The second-order valence-electron chi connectivity index (χ2n) is 9.52. The maximum absolute atomic E-state index is 15.1. The second-order valence-corrected chi connectivity index (χ2v) is 9.52. The number of hydrogen-bond donors (Lipinski definition) is 3. The molecule has 2 aromatic carbocycles. The zero-order valence-corrected chi connectivity index (χ0v) is 20.4. The fourth-order valence-electron chi connectivity index (χ4n) is 4.53. The Hall–Kier alpha value is -4.25. The monoisotopic (exact) mass is 519 g/mol. The number of alkyl halides is 2. The molecule has 0 unspecified atom stereocenters.